The molecule has 0 radical (unpaired) electrons. The van der Waals surface area contributed by atoms with Gasteiger partial charge in [-0.15, -0.1) is 0 Å². The number of carbonyl (C=O) groups is 2. The number of carbonyl (C=O) groups excluding carboxylic acids is 2. The molecule has 0 atom stereocenters. The standard InChI is InChI=1S/C12H16FN3O.C5H10O2/c13-9-1-3-10(4-2-9)15-12(17)16-11-5-7-14-8-6-11;1-5(2,3)7-4-6/h1-4,11,14H,5-8H2,(H2,15,16,17);4H,1-3H3. The molecule has 7 heteroatoms. The predicted molar refractivity (Wildman–Crippen MR) is 91.3 cm³/mol. The van der Waals surface area contributed by atoms with Gasteiger partial charge in [0.2, 0.25) is 0 Å². The third kappa shape index (κ3) is 9.09. The Bertz CT molecular complexity index is 509. The molecule has 0 spiro atoms. The van der Waals surface area contributed by atoms with Crippen LogP contribution < -0.4 is 16.0 Å². The number of amides is 2. The van der Waals surface area contributed by atoms with Crippen molar-refractivity contribution >= 4 is 18.2 Å². The Balaban J connectivity index is 0.000000351. The Morgan fingerprint density at radius 1 is 1.25 bits per heavy atom. The second-order valence-electron chi connectivity index (χ2n) is 6.46. The summed E-state index contributed by atoms with van der Waals surface area (Å²) < 4.78 is 17.2. The third-order valence-corrected chi connectivity index (χ3v) is 3.18. The van der Waals surface area contributed by atoms with Crippen LogP contribution in [-0.4, -0.2) is 37.2 Å². The summed E-state index contributed by atoms with van der Waals surface area (Å²) in [6.45, 7) is 7.78. The van der Waals surface area contributed by atoms with Gasteiger partial charge in [-0.25, -0.2) is 9.18 Å². The van der Waals surface area contributed by atoms with E-state index in [1.807, 2.05) is 20.8 Å². The van der Waals surface area contributed by atoms with Crippen molar-refractivity contribution in [3.63, 3.8) is 0 Å². The molecule has 1 aromatic rings. The zero-order chi connectivity index (χ0) is 18.0. The van der Waals surface area contributed by atoms with Gasteiger partial charge < -0.3 is 20.7 Å². The minimum absolute atomic E-state index is 0.219. The lowest BCUT2D eigenvalue weighted by atomic mass is 10.1. The van der Waals surface area contributed by atoms with E-state index in [0.717, 1.165) is 25.9 Å². The fraction of sp³-hybridized carbons (Fsp3) is 0.529. The SMILES string of the molecule is CC(C)(C)OC=O.O=C(Nc1ccc(F)cc1)NC1CCNCC1. The van der Waals surface area contributed by atoms with Crippen molar-refractivity contribution in [2.75, 3.05) is 18.4 Å². The highest BCUT2D eigenvalue weighted by Gasteiger charge is 2.15. The molecule has 1 fully saturated rings. The lowest BCUT2D eigenvalue weighted by Crippen LogP contribution is -2.44. The second-order valence-corrected chi connectivity index (χ2v) is 6.46. The number of anilines is 1. The van der Waals surface area contributed by atoms with Crippen LogP contribution in [0.4, 0.5) is 14.9 Å². The van der Waals surface area contributed by atoms with E-state index >= 15 is 0 Å². The number of benzene rings is 1. The van der Waals surface area contributed by atoms with Gasteiger partial charge in [0.05, 0.1) is 0 Å². The maximum atomic E-state index is 12.7. The molecule has 134 valence electrons. The van der Waals surface area contributed by atoms with E-state index in [0.29, 0.717) is 12.2 Å². The van der Waals surface area contributed by atoms with Crippen LogP contribution in [0.25, 0.3) is 0 Å². The molecule has 0 bridgehead atoms. The summed E-state index contributed by atoms with van der Waals surface area (Å²) in [4.78, 5) is 21.2. The number of ether oxygens (including phenoxy) is 1. The minimum atomic E-state index is -0.318. The summed E-state index contributed by atoms with van der Waals surface area (Å²) in [7, 11) is 0. The quantitative estimate of drug-likeness (QED) is 0.740. The molecular formula is C17H26FN3O3. The minimum Gasteiger partial charge on any atom is -0.462 e. The maximum absolute atomic E-state index is 12.7. The summed E-state index contributed by atoms with van der Waals surface area (Å²) in [6, 6.07) is 5.70. The van der Waals surface area contributed by atoms with Crippen LogP contribution >= 0.6 is 0 Å². The summed E-state index contributed by atoms with van der Waals surface area (Å²) in [5.41, 5.74) is 0.278. The molecule has 2 amide bonds. The average Bonchev–Trinajstić information content (AvgIpc) is 2.50. The molecule has 1 saturated heterocycles. The van der Waals surface area contributed by atoms with Crippen molar-refractivity contribution in [3.8, 4) is 0 Å². The van der Waals surface area contributed by atoms with Gasteiger partial charge in [0.1, 0.15) is 11.4 Å². The molecule has 0 saturated carbocycles. The molecule has 0 unspecified atom stereocenters. The van der Waals surface area contributed by atoms with Crippen molar-refractivity contribution in [2.45, 2.75) is 45.3 Å². The van der Waals surface area contributed by atoms with E-state index in [1.54, 1.807) is 0 Å². The van der Waals surface area contributed by atoms with Crippen LogP contribution in [-0.2, 0) is 9.53 Å². The van der Waals surface area contributed by atoms with E-state index in [2.05, 4.69) is 20.7 Å². The van der Waals surface area contributed by atoms with Gasteiger partial charge in [0.15, 0.2) is 0 Å². The van der Waals surface area contributed by atoms with E-state index < -0.39 is 0 Å². The summed E-state index contributed by atoms with van der Waals surface area (Å²) >= 11 is 0. The molecule has 1 heterocycles. The first kappa shape index (κ1) is 19.9. The Kier molecular flexibility index (Phi) is 8.18. The topological polar surface area (TPSA) is 79.5 Å². The highest BCUT2D eigenvalue weighted by Crippen LogP contribution is 2.08. The number of nitrogens with one attached hydrogen (secondary N) is 3. The van der Waals surface area contributed by atoms with Gasteiger partial charge in [-0.3, -0.25) is 4.79 Å². The highest BCUT2D eigenvalue weighted by molar-refractivity contribution is 5.89. The van der Waals surface area contributed by atoms with Crippen LogP contribution in [0, 0.1) is 5.82 Å². The van der Waals surface area contributed by atoms with Gasteiger partial charge >= 0.3 is 6.03 Å². The van der Waals surface area contributed by atoms with E-state index in [4.69, 9.17) is 0 Å². The van der Waals surface area contributed by atoms with E-state index in [-0.39, 0.29) is 23.5 Å². The summed E-state index contributed by atoms with van der Waals surface area (Å²) in [5, 5.41) is 8.81. The Labute approximate surface area is 142 Å². The molecule has 1 aliphatic heterocycles. The average molecular weight is 339 g/mol. The smallest absolute Gasteiger partial charge is 0.319 e. The van der Waals surface area contributed by atoms with E-state index in [1.165, 1.54) is 24.3 Å². The van der Waals surface area contributed by atoms with Gasteiger partial charge in [-0.2, -0.15) is 0 Å². The molecule has 24 heavy (non-hydrogen) atoms. The maximum Gasteiger partial charge on any atom is 0.319 e. The number of piperidine rings is 1. The van der Waals surface area contributed by atoms with Crippen LogP contribution in [0.2, 0.25) is 0 Å². The molecule has 1 aromatic carbocycles. The lowest BCUT2D eigenvalue weighted by Gasteiger charge is -2.23. The number of halogens is 1. The normalized spacial score (nSPS) is 14.8. The molecule has 2 rings (SSSR count). The van der Waals surface area contributed by atoms with Crippen LogP contribution in [0.3, 0.4) is 0 Å². The molecular weight excluding hydrogens is 313 g/mol. The Morgan fingerprint density at radius 2 is 1.83 bits per heavy atom. The van der Waals surface area contributed by atoms with Gasteiger partial charge in [-0.1, -0.05) is 0 Å². The van der Waals surface area contributed by atoms with Crippen molar-refractivity contribution in [1.29, 1.82) is 0 Å². The molecule has 0 aromatic heterocycles. The fourth-order valence-electron chi connectivity index (χ4n) is 2.00. The zero-order valence-corrected chi connectivity index (χ0v) is 14.4. The molecule has 3 N–H and O–H groups in total. The number of hydrogen-bond donors (Lipinski definition) is 3. The van der Waals surface area contributed by atoms with Crippen LogP contribution in [0.15, 0.2) is 24.3 Å². The predicted octanol–water partition coefficient (Wildman–Crippen LogP) is 2.66. The largest absolute Gasteiger partial charge is 0.462 e. The first-order valence-corrected chi connectivity index (χ1v) is 7.95. The molecule has 6 nitrogen and oxygen atoms in total. The van der Waals surface area contributed by atoms with Gasteiger partial charge in [0, 0.05) is 11.7 Å². The number of rotatable bonds is 3. The Morgan fingerprint density at radius 3 is 2.29 bits per heavy atom. The van der Waals surface area contributed by atoms with Gasteiger partial charge in [0.25, 0.3) is 6.47 Å². The Hall–Kier alpha value is -2.15. The van der Waals surface area contributed by atoms with E-state index in [9.17, 15) is 14.0 Å². The third-order valence-electron chi connectivity index (χ3n) is 3.18. The highest BCUT2D eigenvalue weighted by atomic mass is 19.1. The fourth-order valence-corrected chi connectivity index (χ4v) is 2.00. The van der Waals surface area contributed by atoms with Gasteiger partial charge in [-0.05, 0) is 71.0 Å². The number of urea groups is 1. The summed E-state index contributed by atoms with van der Waals surface area (Å²) in [5.74, 6) is -0.311. The first-order valence-electron chi connectivity index (χ1n) is 7.95. The van der Waals surface area contributed by atoms with Crippen molar-refractivity contribution < 1.29 is 18.7 Å². The zero-order valence-electron chi connectivity index (χ0n) is 14.4. The summed E-state index contributed by atoms with van der Waals surface area (Å²) in [6.07, 6.45) is 1.88. The molecule has 0 aliphatic carbocycles. The van der Waals surface area contributed by atoms with Crippen molar-refractivity contribution in [2.24, 2.45) is 0 Å². The first-order chi connectivity index (χ1) is 11.3. The monoisotopic (exact) mass is 339 g/mol. The van der Waals surface area contributed by atoms with Crippen molar-refractivity contribution in [3.05, 3.63) is 30.1 Å². The lowest BCUT2D eigenvalue weighted by molar-refractivity contribution is -0.138. The second kappa shape index (κ2) is 9.87. The van der Waals surface area contributed by atoms with Crippen LogP contribution in [0.5, 0.6) is 0 Å². The number of hydrogen-bond acceptors (Lipinski definition) is 4. The van der Waals surface area contributed by atoms with Crippen molar-refractivity contribution in [1.82, 2.24) is 10.6 Å². The van der Waals surface area contributed by atoms with Crippen LogP contribution in [0.1, 0.15) is 33.6 Å². The molecule has 1 aliphatic rings.